The van der Waals surface area contributed by atoms with Crippen molar-refractivity contribution in [3.63, 3.8) is 0 Å². The SMILES string of the molecule is Cc1cc(C(=O)O)nc2cn[nH]c12. The second-order valence-corrected chi connectivity index (χ2v) is 2.76. The number of pyridine rings is 1. The maximum absolute atomic E-state index is 10.6. The van der Waals surface area contributed by atoms with Gasteiger partial charge in [0, 0.05) is 0 Å². The predicted molar refractivity (Wildman–Crippen MR) is 45.6 cm³/mol. The van der Waals surface area contributed by atoms with Gasteiger partial charge in [0.05, 0.1) is 11.7 Å². The highest BCUT2D eigenvalue weighted by atomic mass is 16.4. The molecule has 2 rings (SSSR count). The molecule has 2 N–H and O–H groups in total. The Labute approximate surface area is 73.4 Å². The summed E-state index contributed by atoms with van der Waals surface area (Å²) in [5.74, 6) is -1.02. The average Bonchev–Trinajstić information content (AvgIpc) is 2.51. The van der Waals surface area contributed by atoms with Crippen LogP contribution in [0.2, 0.25) is 0 Å². The number of aromatic nitrogens is 3. The highest BCUT2D eigenvalue weighted by Gasteiger charge is 2.08. The van der Waals surface area contributed by atoms with Crippen molar-refractivity contribution in [3.8, 4) is 0 Å². The fourth-order valence-electron chi connectivity index (χ4n) is 1.20. The Morgan fingerprint density at radius 2 is 2.38 bits per heavy atom. The number of nitrogens with zero attached hydrogens (tertiary/aromatic N) is 2. The molecule has 0 atom stereocenters. The van der Waals surface area contributed by atoms with E-state index in [1.165, 1.54) is 12.3 Å². The van der Waals surface area contributed by atoms with Gasteiger partial charge in [-0.25, -0.2) is 9.78 Å². The summed E-state index contributed by atoms with van der Waals surface area (Å²) < 4.78 is 0. The first-order valence-electron chi connectivity index (χ1n) is 3.72. The minimum atomic E-state index is -1.02. The highest BCUT2D eigenvalue weighted by Crippen LogP contribution is 2.14. The van der Waals surface area contributed by atoms with Crippen LogP contribution in [-0.4, -0.2) is 26.3 Å². The molecule has 0 spiro atoms. The molecule has 5 nitrogen and oxygen atoms in total. The summed E-state index contributed by atoms with van der Waals surface area (Å²) in [4.78, 5) is 14.5. The van der Waals surface area contributed by atoms with Crippen LogP contribution in [0.25, 0.3) is 11.0 Å². The molecular formula is C8H7N3O2. The Kier molecular flexibility index (Phi) is 1.51. The molecule has 2 aromatic heterocycles. The first-order chi connectivity index (χ1) is 6.18. The summed E-state index contributed by atoms with van der Waals surface area (Å²) in [6, 6.07) is 1.52. The van der Waals surface area contributed by atoms with E-state index in [2.05, 4.69) is 15.2 Å². The van der Waals surface area contributed by atoms with Crippen molar-refractivity contribution >= 4 is 17.0 Å². The fourth-order valence-corrected chi connectivity index (χ4v) is 1.20. The third-order valence-corrected chi connectivity index (χ3v) is 1.83. The van der Waals surface area contributed by atoms with Gasteiger partial charge in [-0.2, -0.15) is 5.10 Å². The van der Waals surface area contributed by atoms with Crippen LogP contribution in [0.15, 0.2) is 12.3 Å². The Bertz CT molecular complexity index is 475. The number of aromatic amines is 1. The number of fused-ring (bicyclic) bond motifs is 1. The van der Waals surface area contributed by atoms with E-state index in [1.807, 2.05) is 6.92 Å². The van der Waals surface area contributed by atoms with E-state index in [0.717, 1.165) is 11.1 Å². The first-order valence-corrected chi connectivity index (χ1v) is 3.72. The largest absolute Gasteiger partial charge is 0.477 e. The molecule has 0 radical (unpaired) electrons. The summed E-state index contributed by atoms with van der Waals surface area (Å²) in [5.41, 5.74) is 2.24. The third-order valence-electron chi connectivity index (χ3n) is 1.83. The van der Waals surface area contributed by atoms with E-state index in [9.17, 15) is 4.79 Å². The molecule has 5 heteroatoms. The number of aromatic carboxylic acids is 1. The maximum atomic E-state index is 10.6. The van der Waals surface area contributed by atoms with E-state index in [-0.39, 0.29) is 5.69 Å². The number of carbonyl (C=O) groups is 1. The topological polar surface area (TPSA) is 78.9 Å². The van der Waals surface area contributed by atoms with E-state index >= 15 is 0 Å². The lowest BCUT2D eigenvalue weighted by atomic mass is 10.2. The van der Waals surface area contributed by atoms with Crippen molar-refractivity contribution in [2.45, 2.75) is 6.92 Å². The lowest BCUT2D eigenvalue weighted by molar-refractivity contribution is 0.0691. The van der Waals surface area contributed by atoms with Gasteiger partial charge in [0.1, 0.15) is 11.2 Å². The van der Waals surface area contributed by atoms with E-state index in [4.69, 9.17) is 5.11 Å². The zero-order valence-electron chi connectivity index (χ0n) is 6.90. The molecule has 0 bridgehead atoms. The number of rotatable bonds is 1. The number of carboxylic acids is 1. The summed E-state index contributed by atoms with van der Waals surface area (Å²) >= 11 is 0. The van der Waals surface area contributed by atoms with Gasteiger partial charge in [0.25, 0.3) is 0 Å². The minimum absolute atomic E-state index is 0.0476. The van der Waals surface area contributed by atoms with Crippen molar-refractivity contribution < 1.29 is 9.90 Å². The number of carboxylic acid groups (broad SMARTS) is 1. The molecule has 0 aliphatic carbocycles. The monoisotopic (exact) mass is 177 g/mol. The van der Waals surface area contributed by atoms with Gasteiger partial charge in [-0.3, -0.25) is 5.10 Å². The van der Waals surface area contributed by atoms with Crippen LogP contribution in [0.5, 0.6) is 0 Å². The minimum Gasteiger partial charge on any atom is -0.477 e. The van der Waals surface area contributed by atoms with Gasteiger partial charge in [0.2, 0.25) is 0 Å². The van der Waals surface area contributed by atoms with Crippen molar-refractivity contribution in [2.24, 2.45) is 0 Å². The molecule has 13 heavy (non-hydrogen) atoms. The molecule has 0 aliphatic rings. The molecule has 0 saturated carbocycles. The van der Waals surface area contributed by atoms with Crippen LogP contribution in [0.4, 0.5) is 0 Å². The van der Waals surface area contributed by atoms with Gasteiger partial charge in [-0.1, -0.05) is 0 Å². The standard InChI is InChI=1S/C8H7N3O2/c1-4-2-5(8(12)13)10-6-3-9-11-7(4)6/h2-3H,1H3,(H,9,11)(H,12,13). The highest BCUT2D eigenvalue weighted by molar-refractivity contribution is 5.89. The molecule has 2 aromatic rings. The van der Waals surface area contributed by atoms with Crippen LogP contribution < -0.4 is 0 Å². The lowest BCUT2D eigenvalue weighted by Gasteiger charge is -1.97. The number of hydrogen-bond acceptors (Lipinski definition) is 3. The van der Waals surface area contributed by atoms with Crippen molar-refractivity contribution in [1.29, 1.82) is 0 Å². The second kappa shape index (κ2) is 2.55. The van der Waals surface area contributed by atoms with Crippen molar-refractivity contribution in [2.75, 3.05) is 0 Å². The summed E-state index contributed by atoms with van der Waals surface area (Å²) in [5, 5.41) is 15.2. The van der Waals surface area contributed by atoms with Crippen molar-refractivity contribution in [1.82, 2.24) is 15.2 Å². The normalized spacial score (nSPS) is 10.5. The molecule has 66 valence electrons. The molecule has 0 unspecified atom stereocenters. The van der Waals surface area contributed by atoms with Gasteiger partial charge in [0.15, 0.2) is 0 Å². The van der Waals surface area contributed by atoms with Crippen LogP contribution in [0.3, 0.4) is 0 Å². The molecule has 0 amide bonds. The van der Waals surface area contributed by atoms with Crippen LogP contribution in [-0.2, 0) is 0 Å². The third kappa shape index (κ3) is 1.14. The van der Waals surface area contributed by atoms with Gasteiger partial charge in [-0.05, 0) is 18.6 Å². The number of nitrogens with one attached hydrogen (secondary N) is 1. The quantitative estimate of drug-likeness (QED) is 0.680. The van der Waals surface area contributed by atoms with E-state index < -0.39 is 5.97 Å². The van der Waals surface area contributed by atoms with Crippen LogP contribution in [0, 0.1) is 6.92 Å². The van der Waals surface area contributed by atoms with Gasteiger partial charge >= 0.3 is 5.97 Å². The number of aryl methyl sites for hydroxylation is 1. The molecule has 2 heterocycles. The van der Waals surface area contributed by atoms with Crippen LogP contribution >= 0.6 is 0 Å². The van der Waals surface area contributed by atoms with Crippen LogP contribution in [0.1, 0.15) is 16.1 Å². The molecule has 0 aliphatic heterocycles. The number of hydrogen-bond donors (Lipinski definition) is 2. The van der Waals surface area contributed by atoms with Gasteiger partial charge in [-0.15, -0.1) is 0 Å². The van der Waals surface area contributed by atoms with E-state index in [1.54, 1.807) is 0 Å². The fraction of sp³-hybridized carbons (Fsp3) is 0.125. The molecular weight excluding hydrogens is 170 g/mol. The molecule has 0 saturated heterocycles. The van der Waals surface area contributed by atoms with E-state index in [0.29, 0.717) is 5.52 Å². The Balaban J connectivity index is 2.77. The zero-order valence-corrected chi connectivity index (χ0v) is 6.90. The second-order valence-electron chi connectivity index (χ2n) is 2.76. The number of H-pyrrole nitrogens is 1. The predicted octanol–water partition coefficient (Wildman–Crippen LogP) is 0.965. The summed E-state index contributed by atoms with van der Waals surface area (Å²) in [7, 11) is 0. The summed E-state index contributed by atoms with van der Waals surface area (Å²) in [6.45, 7) is 1.81. The average molecular weight is 177 g/mol. The first kappa shape index (κ1) is 7.72. The zero-order chi connectivity index (χ0) is 9.42. The Morgan fingerprint density at radius 1 is 1.62 bits per heavy atom. The van der Waals surface area contributed by atoms with Gasteiger partial charge < -0.3 is 5.11 Å². The Hall–Kier alpha value is -1.91. The molecule has 0 aromatic carbocycles. The maximum Gasteiger partial charge on any atom is 0.354 e. The summed E-state index contributed by atoms with van der Waals surface area (Å²) in [6.07, 6.45) is 1.51. The smallest absolute Gasteiger partial charge is 0.354 e. The lowest BCUT2D eigenvalue weighted by Crippen LogP contribution is -2.00. The Morgan fingerprint density at radius 3 is 3.08 bits per heavy atom. The van der Waals surface area contributed by atoms with Crippen molar-refractivity contribution in [3.05, 3.63) is 23.5 Å². The molecule has 0 fully saturated rings.